The van der Waals surface area contributed by atoms with Gasteiger partial charge in [0.1, 0.15) is 5.60 Å². The van der Waals surface area contributed by atoms with Gasteiger partial charge in [0.25, 0.3) is 0 Å². The molecule has 0 aliphatic carbocycles. The van der Waals surface area contributed by atoms with Crippen LogP contribution in [0.2, 0.25) is 18.1 Å². The maximum absolute atomic E-state index is 13.2. The highest BCUT2D eigenvalue weighted by Gasteiger charge is 2.37. The quantitative estimate of drug-likeness (QED) is 0.304. The van der Waals surface area contributed by atoms with E-state index in [0.29, 0.717) is 30.3 Å². The van der Waals surface area contributed by atoms with Crippen LogP contribution in [0.1, 0.15) is 54.9 Å². The van der Waals surface area contributed by atoms with Gasteiger partial charge in [0.05, 0.1) is 4.90 Å². The summed E-state index contributed by atoms with van der Waals surface area (Å²) < 4.78 is 41.0. The number of ether oxygens (including phenoxy) is 1. The number of aromatic hydroxyl groups is 1. The van der Waals surface area contributed by atoms with Crippen molar-refractivity contribution in [3.8, 4) is 5.88 Å². The normalized spacial score (nSPS) is 14.0. The first kappa shape index (κ1) is 31.0. The third kappa shape index (κ3) is 8.66. The Kier molecular flexibility index (Phi) is 9.78. The zero-order valence-corrected chi connectivity index (χ0v) is 25.4. The summed E-state index contributed by atoms with van der Waals surface area (Å²) in [4.78, 5) is 18.3. The highest BCUT2D eigenvalue weighted by Crippen LogP contribution is 2.36. The van der Waals surface area contributed by atoms with Crippen molar-refractivity contribution in [2.24, 2.45) is 0 Å². The van der Waals surface area contributed by atoms with Crippen molar-refractivity contribution < 1.29 is 27.5 Å². The Hall–Kier alpha value is -2.21. The lowest BCUT2D eigenvalue weighted by molar-refractivity contribution is 0.0230. The predicted molar refractivity (Wildman–Crippen MR) is 149 cm³/mol. The van der Waals surface area contributed by atoms with Crippen molar-refractivity contribution in [3.05, 3.63) is 30.5 Å². The Balaban J connectivity index is 2.15. The first-order valence-electron chi connectivity index (χ1n) is 12.5. The first-order valence-corrected chi connectivity index (χ1v) is 16.9. The highest BCUT2D eigenvalue weighted by molar-refractivity contribution is 7.89. The number of hydrogen-bond donors (Lipinski definition) is 2. The molecule has 11 heteroatoms. The van der Waals surface area contributed by atoms with E-state index >= 15 is 0 Å². The Bertz CT molecular complexity index is 1190. The van der Waals surface area contributed by atoms with Crippen molar-refractivity contribution in [1.82, 2.24) is 14.6 Å². The molecule has 9 nitrogen and oxygen atoms in total. The van der Waals surface area contributed by atoms with Crippen molar-refractivity contribution in [3.63, 3.8) is 0 Å². The van der Waals surface area contributed by atoms with Crippen molar-refractivity contribution in [1.29, 1.82) is 0 Å². The van der Waals surface area contributed by atoms with Crippen LogP contribution in [-0.2, 0) is 19.2 Å². The third-order valence-corrected chi connectivity index (χ3v) is 12.6. The molecule has 2 N–H and O–H groups in total. The Morgan fingerprint density at radius 1 is 1.14 bits per heavy atom. The molecule has 1 aromatic heterocycles. The lowest BCUT2D eigenvalue weighted by Crippen LogP contribution is -2.46. The number of carbonyl (C=O) groups excluding carboxylic acids is 1. The maximum Gasteiger partial charge on any atom is 0.410 e. The number of hydrogen-bond acceptors (Lipinski definition) is 7. The van der Waals surface area contributed by atoms with Crippen LogP contribution in [0, 0.1) is 0 Å². The molecule has 0 aliphatic heterocycles. The number of pyridine rings is 1. The van der Waals surface area contributed by atoms with E-state index in [-0.39, 0.29) is 22.4 Å². The largest absolute Gasteiger partial charge is 0.493 e. The van der Waals surface area contributed by atoms with Gasteiger partial charge in [-0.25, -0.2) is 22.9 Å². The first-order chi connectivity index (χ1) is 16.8. The molecule has 0 fully saturated rings. The molecule has 0 unspecified atom stereocenters. The third-order valence-electron chi connectivity index (χ3n) is 6.38. The molecule has 37 heavy (non-hydrogen) atoms. The summed E-state index contributed by atoms with van der Waals surface area (Å²) in [6, 6.07) is 5.57. The predicted octanol–water partition coefficient (Wildman–Crippen LogP) is 5.26. The Morgan fingerprint density at radius 3 is 2.38 bits per heavy atom. The SMILES string of the molecule is C[C@H](CN(CCCO[Si](C)(C)C(C)(C)C)C(=O)OC(C)(C)C)NS(=O)(=O)c1cccc2c(O)nccc12. The lowest BCUT2D eigenvalue weighted by Gasteiger charge is -2.36. The van der Waals surface area contributed by atoms with Crippen molar-refractivity contribution >= 4 is 35.2 Å². The second-order valence-corrected chi connectivity index (χ2v) is 18.4. The molecule has 0 radical (unpaired) electrons. The molecule has 1 atom stereocenters. The molecule has 1 heterocycles. The fraction of sp³-hybridized carbons (Fsp3) is 0.615. The average Bonchev–Trinajstić information content (AvgIpc) is 2.73. The van der Waals surface area contributed by atoms with Crippen LogP contribution >= 0.6 is 0 Å². The van der Waals surface area contributed by atoms with Crippen LogP contribution in [0.25, 0.3) is 10.8 Å². The molecule has 2 aromatic rings. The molecule has 0 saturated heterocycles. The number of carbonyl (C=O) groups is 1. The summed E-state index contributed by atoms with van der Waals surface area (Å²) in [5, 5.41) is 10.8. The van der Waals surface area contributed by atoms with Gasteiger partial charge < -0.3 is 19.2 Å². The summed E-state index contributed by atoms with van der Waals surface area (Å²) >= 11 is 0. The molecule has 0 saturated carbocycles. The molecule has 1 amide bonds. The number of sulfonamides is 1. The fourth-order valence-corrected chi connectivity index (χ4v) is 6.02. The number of aromatic nitrogens is 1. The van der Waals surface area contributed by atoms with Gasteiger partial charge in [-0.1, -0.05) is 26.8 Å². The van der Waals surface area contributed by atoms with Crippen LogP contribution in [0.15, 0.2) is 35.4 Å². The van der Waals surface area contributed by atoms with E-state index in [9.17, 15) is 18.3 Å². The van der Waals surface area contributed by atoms with E-state index in [1.54, 1.807) is 45.9 Å². The summed E-state index contributed by atoms with van der Waals surface area (Å²) in [6.45, 7) is 18.9. The summed E-state index contributed by atoms with van der Waals surface area (Å²) in [7, 11) is -5.88. The van der Waals surface area contributed by atoms with Gasteiger partial charge in [-0.05, 0) is 70.4 Å². The van der Waals surface area contributed by atoms with Crippen LogP contribution in [0.4, 0.5) is 4.79 Å². The van der Waals surface area contributed by atoms with Crippen LogP contribution in [0.3, 0.4) is 0 Å². The van der Waals surface area contributed by atoms with Gasteiger partial charge in [-0.15, -0.1) is 0 Å². The smallest absolute Gasteiger partial charge is 0.410 e. The summed E-state index contributed by atoms with van der Waals surface area (Å²) in [6.07, 6.45) is 1.45. The summed E-state index contributed by atoms with van der Waals surface area (Å²) in [5.74, 6) is -0.237. The van der Waals surface area contributed by atoms with E-state index in [0.717, 1.165) is 0 Å². The van der Waals surface area contributed by atoms with E-state index in [1.807, 2.05) is 0 Å². The molecule has 0 bridgehead atoms. The monoisotopic (exact) mass is 553 g/mol. The molecule has 2 rings (SSSR count). The molecule has 208 valence electrons. The number of benzene rings is 1. The number of amides is 1. The van der Waals surface area contributed by atoms with E-state index in [4.69, 9.17) is 9.16 Å². The second-order valence-electron chi connectivity index (χ2n) is 11.9. The Morgan fingerprint density at radius 2 is 1.78 bits per heavy atom. The second kappa shape index (κ2) is 11.7. The minimum absolute atomic E-state index is 0.0288. The maximum atomic E-state index is 13.2. The van der Waals surface area contributed by atoms with Gasteiger partial charge >= 0.3 is 6.09 Å². The molecular formula is C26H43N3O6SSi. The minimum atomic E-state index is -3.96. The molecule has 0 aliphatic rings. The molecular weight excluding hydrogens is 510 g/mol. The van der Waals surface area contributed by atoms with E-state index in [2.05, 4.69) is 43.6 Å². The van der Waals surface area contributed by atoms with Gasteiger partial charge in [-0.2, -0.15) is 0 Å². The van der Waals surface area contributed by atoms with Crippen LogP contribution < -0.4 is 4.72 Å². The minimum Gasteiger partial charge on any atom is -0.493 e. The van der Waals surface area contributed by atoms with Crippen molar-refractivity contribution in [2.45, 2.75) is 89.6 Å². The molecule has 0 spiro atoms. The number of nitrogens with one attached hydrogen (secondary N) is 1. The summed E-state index contributed by atoms with van der Waals surface area (Å²) in [5.41, 5.74) is -0.686. The van der Waals surface area contributed by atoms with Crippen LogP contribution in [-0.4, -0.2) is 69.2 Å². The van der Waals surface area contributed by atoms with Gasteiger partial charge in [0.15, 0.2) is 8.32 Å². The number of rotatable bonds is 10. The number of fused-ring (bicyclic) bond motifs is 1. The molecule has 1 aromatic carbocycles. The number of nitrogens with zero attached hydrogens (tertiary/aromatic N) is 2. The fourth-order valence-electron chi connectivity index (χ4n) is 3.48. The van der Waals surface area contributed by atoms with Crippen molar-refractivity contribution in [2.75, 3.05) is 19.7 Å². The van der Waals surface area contributed by atoms with E-state index in [1.165, 1.54) is 17.2 Å². The zero-order chi connectivity index (χ0) is 28.2. The van der Waals surface area contributed by atoms with Gasteiger partial charge in [0, 0.05) is 42.7 Å². The van der Waals surface area contributed by atoms with Crippen LogP contribution in [0.5, 0.6) is 5.88 Å². The average molecular weight is 554 g/mol. The standard InChI is InChI=1S/C26H43N3O6SSi/c1-19(28-36(32,33)22-13-10-12-21-20(22)14-15-27-23(21)30)18-29(24(31)35-25(2,3)4)16-11-17-34-37(8,9)26(5,6)7/h10,12-15,19,28H,11,16-18H2,1-9H3,(H,27,30)/t19-/m1/s1. The van der Waals surface area contributed by atoms with E-state index < -0.39 is 36.1 Å². The highest BCUT2D eigenvalue weighted by atomic mass is 32.2. The van der Waals surface area contributed by atoms with Gasteiger partial charge in [0.2, 0.25) is 15.9 Å². The topological polar surface area (TPSA) is 118 Å². The Labute approximate surface area is 222 Å². The lowest BCUT2D eigenvalue weighted by atomic mass is 10.2. The van der Waals surface area contributed by atoms with Gasteiger partial charge in [-0.3, -0.25) is 0 Å². The zero-order valence-electron chi connectivity index (χ0n) is 23.6.